The maximum absolute atomic E-state index is 10.9. The van der Waals surface area contributed by atoms with Crippen molar-refractivity contribution < 1.29 is 9.59 Å². The van der Waals surface area contributed by atoms with Crippen molar-refractivity contribution in [1.82, 2.24) is 0 Å². The number of hydrogen-bond donors (Lipinski definition) is 0. The summed E-state index contributed by atoms with van der Waals surface area (Å²) in [5, 5.41) is 0. The predicted molar refractivity (Wildman–Crippen MR) is 91.7 cm³/mol. The highest BCUT2D eigenvalue weighted by Gasteiger charge is 2.19. The van der Waals surface area contributed by atoms with E-state index in [1.807, 2.05) is 42.5 Å². The maximum atomic E-state index is 10.9. The van der Waals surface area contributed by atoms with Gasteiger partial charge in [0.05, 0.1) is 0 Å². The van der Waals surface area contributed by atoms with Crippen LogP contribution in [-0.2, 0) is 9.59 Å². The van der Waals surface area contributed by atoms with Crippen LogP contribution >= 0.6 is 0 Å². The molecule has 2 aliphatic rings. The van der Waals surface area contributed by atoms with Gasteiger partial charge in [-0.05, 0) is 37.1 Å². The van der Waals surface area contributed by atoms with Crippen molar-refractivity contribution >= 4 is 18.3 Å². The molecule has 3 rings (SSSR count). The number of para-hydroxylation sites is 1. The molecule has 3 nitrogen and oxygen atoms in total. The molecule has 0 spiro atoms. The summed E-state index contributed by atoms with van der Waals surface area (Å²) in [6.45, 7) is 0. The highest BCUT2D eigenvalue weighted by atomic mass is 16.1. The zero-order valence-corrected chi connectivity index (χ0v) is 12.8. The van der Waals surface area contributed by atoms with E-state index in [1.165, 1.54) is 0 Å². The first kappa shape index (κ1) is 15.2. The van der Waals surface area contributed by atoms with E-state index in [1.54, 1.807) is 0 Å². The summed E-state index contributed by atoms with van der Waals surface area (Å²) in [5.41, 5.74) is 3.16. The van der Waals surface area contributed by atoms with Gasteiger partial charge < -0.3 is 14.5 Å². The second-order valence-electron chi connectivity index (χ2n) is 5.72. The van der Waals surface area contributed by atoms with Gasteiger partial charge in [0.25, 0.3) is 0 Å². The van der Waals surface area contributed by atoms with Crippen LogP contribution in [0.5, 0.6) is 0 Å². The molecular formula is C20H19NO2. The van der Waals surface area contributed by atoms with E-state index in [2.05, 4.69) is 29.2 Å². The van der Waals surface area contributed by atoms with Crippen LogP contribution in [-0.4, -0.2) is 12.6 Å². The lowest BCUT2D eigenvalue weighted by molar-refractivity contribution is -0.110. The van der Waals surface area contributed by atoms with Gasteiger partial charge in [-0.25, -0.2) is 0 Å². The Morgan fingerprint density at radius 3 is 1.74 bits per heavy atom. The van der Waals surface area contributed by atoms with Crippen molar-refractivity contribution in [2.75, 3.05) is 4.90 Å². The Balaban J connectivity index is 1.93. The lowest BCUT2D eigenvalue weighted by Crippen LogP contribution is -2.23. The Kier molecular flexibility index (Phi) is 4.67. The Hall–Kier alpha value is -2.68. The lowest BCUT2D eigenvalue weighted by Gasteiger charge is -2.30. The van der Waals surface area contributed by atoms with Crippen molar-refractivity contribution in [1.29, 1.82) is 0 Å². The fraction of sp³-hybridized carbons (Fsp3) is 0.200. The number of rotatable bonds is 5. The van der Waals surface area contributed by atoms with Crippen molar-refractivity contribution in [3.05, 3.63) is 78.2 Å². The molecule has 0 aromatic heterocycles. The van der Waals surface area contributed by atoms with Gasteiger partial charge in [0.15, 0.2) is 0 Å². The average molecular weight is 305 g/mol. The summed E-state index contributed by atoms with van der Waals surface area (Å²) in [6.07, 6.45) is 15.4. The second-order valence-corrected chi connectivity index (χ2v) is 5.72. The minimum atomic E-state index is -0.0355. The highest BCUT2D eigenvalue weighted by molar-refractivity contribution is 5.67. The molecule has 116 valence electrons. The zero-order chi connectivity index (χ0) is 16.1. The van der Waals surface area contributed by atoms with Crippen molar-refractivity contribution in [3.63, 3.8) is 0 Å². The highest BCUT2D eigenvalue weighted by Crippen LogP contribution is 2.31. The summed E-state index contributed by atoms with van der Waals surface area (Å²) in [6, 6.07) is 10.1. The number of aldehydes is 2. The van der Waals surface area contributed by atoms with Crippen molar-refractivity contribution in [2.45, 2.75) is 12.8 Å². The Morgan fingerprint density at radius 1 is 0.826 bits per heavy atom. The van der Waals surface area contributed by atoms with Gasteiger partial charge in [-0.2, -0.15) is 0 Å². The molecule has 3 heteroatoms. The number of hydrogen-bond acceptors (Lipinski definition) is 3. The van der Waals surface area contributed by atoms with Crippen LogP contribution in [0.3, 0.4) is 0 Å². The first-order valence-electron chi connectivity index (χ1n) is 7.84. The monoisotopic (exact) mass is 305 g/mol. The van der Waals surface area contributed by atoms with Gasteiger partial charge >= 0.3 is 0 Å². The molecule has 23 heavy (non-hydrogen) atoms. The van der Waals surface area contributed by atoms with Crippen LogP contribution in [0.15, 0.2) is 78.2 Å². The number of anilines is 1. The van der Waals surface area contributed by atoms with Gasteiger partial charge in [0, 0.05) is 28.9 Å². The standard InChI is InChI=1S/C20H19NO2/c22-14-16-6-10-19(11-7-16)21(18-4-2-1-3-5-18)20-12-8-17(15-23)9-13-20/h1-6,8,10-17H,7,9H2. The minimum absolute atomic E-state index is 0.0355. The van der Waals surface area contributed by atoms with Crippen LogP contribution in [0.4, 0.5) is 5.69 Å². The van der Waals surface area contributed by atoms with Crippen LogP contribution in [0.1, 0.15) is 12.8 Å². The molecule has 0 amide bonds. The van der Waals surface area contributed by atoms with Crippen molar-refractivity contribution in [3.8, 4) is 0 Å². The first-order valence-corrected chi connectivity index (χ1v) is 7.84. The van der Waals surface area contributed by atoms with Gasteiger partial charge in [-0.15, -0.1) is 0 Å². The van der Waals surface area contributed by atoms with E-state index in [0.717, 1.165) is 29.7 Å². The molecule has 0 radical (unpaired) electrons. The van der Waals surface area contributed by atoms with Crippen molar-refractivity contribution in [2.24, 2.45) is 11.8 Å². The molecule has 1 aromatic rings. The smallest absolute Gasteiger partial charge is 0.127 e. The van der Waals surface area contributed by atoms with Crippen LogP contribution in [0.2, 0.25) is 0 Å². The zero-order valence-electron chi connectivity index (χ0n) is 12.8. The molecule has 0 saturated carbocycles. The molecule has 2 atom stereocenters. The van der Waals surface area contributed by atoms with E-state index < -0.39 is 0 Å². The SMILES string of the molecule is O=CC1C=CC(N(C2=CCC(C=O)C=C2)c2ccccc2)=CC1. The average Bonchev–Trinajstić information content (AvgIpc) is 2.64. The molecule has 0 aliphatic heterocycles. The summed E-state index contributed by atoms with van der Waals surface area (Å²) in [5.74, 6) is -0.0709. The Morgan fingerprint density at radius 2 is 1.35 bits per heavy atom. The Labute approximate surface area is 136 Å². The second kappa shape index (κ2) is 7.05. The van der Waals surface area contributed by atoms with Crippen LogP contribution < -0.4 is 4.90 Å². The first-order chi connectivity index (χ1) is 11.3. The van der Waals surface area contributed by atoms with E-state index >= 15 is 0 Å². The third kappa shape index (κ3) is 3.39. The lowest BCUT2D eigenvalue weighted by atomic mass is 9.97. The predicted octanol–water partition coefficient (Wildman–Crippen LogP) is 3.81. The quantitative estimate of drug-likeness (QED) is 0.776. The molecule has 1 aromatic carbocycles. The molecule has 0 bridgehead atoms. The number of carbonyl (C=O) groups is 2. The number of carbonyl (C=O) groups excluding carboxylic acids is 2. The molecule has 0 heterocycles. The van der Waals surface area contributed by atoms with E-state index in [4.69, 9.17) is 0 Å². The van der Waals surface area contributed by atoms with E-state index in [-0.39, 0.29) is 11.8 Å². The van der Waals surface area contributed by atoms with Gasteiger partial charge in [-0.1, -0.05) is 42.5 Å². The van der Waals surface area contributed by atoms with Gasteiger partial charge in [0.2, 0.25) is 0 Å². The normalized spacial score (nSPS) is 23.0. The summed E-state index contributed by atoms with van der Waals surface area (Å²) >= 11 is 0. The number of benzene rings is 1. The van der Waals surface area contributed by atoms with Crippen LogP contribution in [0, 0.1) is 11.8 Å². The number of allylic oxidation sites excluding steroid dienone is 6. The molecule has 2 unspecified atom stereocenters. The van der Waals surface area contributed by atoms with E-state index in [0.29, 0.717) is 12.8 Å². The van der Waals surface area contributed by atoms with E-state index in [9.17, 15) is 9.59 Å². The molecule has 0 N–H and O–H groups in total. The minimum Gasteiger partial charge on any atom is -0.311 e. The molecule has 0 saturated heterocycles. The topological polar surface area (TPSA) is 37.4 Å². The molecule has 0 fully saturated rings. The number of nitrogens with zero attached hydrogens (tertiary/aromatic N) is 1. The van der Waals surface area contributed by atoms with Gasteiger partial charge in [-0.3, -0.25) is 0 Å². The van der Waals surface area contributed by atoms with Crippen LogP contribution in [0.25, 0.3) is 0 Å². The fourth-order valence-corrected chi connectivity index (χ4v) is 2.81. The maximum Gasteiger partial charge on any atom is 0.127 e. The largest absolute Gasteiger partial charge is 0.311 e. The third-order valence-corrected chi connectivity index (χ3v) is 4.11. The Bertz CT molecular complexity index is 656. The third-order valence-electron chi connectivity index (χ3n) is 4.11. The molecular weight excluding hydrogens is 286 g/mol. The van der Waals surface area contributed by atoms with Gasteiger partial charge in [0.1, 0.15) is 12.6 Å². The summed E-state index contributed by atoms with van der Waals surface area (Å²) < 4.78 is 0. The summed E-state index contributed by atoms with van der Waals surface area (Å²) in [4.78, 5) is 24.0. The summed E-state index contributed by atoms with van der Waals surface area (Å²) in [7, 11) is 0. The fourth-order valence-electron chi connectivity index (χ4n) is 2.81. The molecule has 2 aliphatic carbocycles.